The second-order valence-corrected chi connectivity index (χ2v) is 21.4. The minimum Gasteiger partial charge on any atom is -1.00 e. The molecule has 1 amide bonds. The van der Waals surface area contributed by atoms with Crippen LogP contribution in [0.25, 0.3) is 0 Å². The van der Waals surface area contributed by atoms with Crippen LogP contribution >= 0.6 is 0 Å². The molecule has 0 bridgehead atoms. The fourth-order valence-electron chi connectivity index (χ4n) is 4.47. The minimum absolute atomic E-state index is 0. The van der Waals surface area contributed by atoms with E-state index in [4.69, 9.17) is 0 Å². The third-order valence-electron chi connectivity index (χ3n) is 6.12. The van der Waals surface area contributed by atoms with Gasteiger partial charge in [0.2, 0.25) is 0 Å². The third-order valence-corrected chi connectivity index (χ3v) is 17.6. The van der Waals surface area contributed by atoms with Crippen LogP contribution in [0.3, 0.4) is 0 Å². The summed E-state index contributed by atoms with van der Waals surface area (Å²) in [5, 5.41) is 0. The molecule has 0 spiro atoms. The molecule has 0 aliphatic heterocycles. The van der Waals surface area contributed by atoms with Crippen LogP contribution in [0.1, 0.15) is 84.5 Å². The molecule has 0 heterocycles. The van der Waals surface area contributed by atoms with Gasteiger partial charge in [-0.3, -0.25) is 0 Å². The van der Waals surface area contributed by atoms with Crippen molar-refractivity contribution in [3.8, 4) is 0 Å². The van der Waals surface area contributed by atoms with Crippen molar-refractivity contribution in [3.05, 3.63) is 21.6 Å². The molecule has 2 aliphatic rings. The summed E-state index contributed by atoms with van der Waals surface area (Å²) in [5.41, 5.74) is 1.45. The fraction of sp³-hybridized carbons (Fsp3) is 0.773. The SMILES string of the molecule is CC1=[C]([Ti+2]([NH]C(=O)C2CCCCCCCCCCC2)[SiH](C)C)C(C)C=C1.[Cl-].[Cl-]. The Morgan fingerprint density at radius 2 is 1.43 bits per heavy atom. The van der Waals surface area contributed by atoms with E-state index in [9.17, 15) is 4.79 Å². The molecule has 0 saturated heterocycles. The summed E-state index contributed by atoms with van der Waals surface area (Å²) in [6.07, 6.45) is 18.9. The number of allylic oxidation sites excluding steroid dienone is 4. The van der Waals surface area contributed by atoms with Crippen molar-refractivity contribution in [1.82, 2.24) is 3.80 Å². The molecule has 28 heavy (non-hydrogen) atoms. The fourth-order valence-corrected chi connectivity index (χ4v) is 14.9. The standard InChI is InChI=1S/C13H25NO.C7H9.C2H7Si.2ClH.Ti/c14-13(15)12-10-8-6-4-2-1-3-5-7-9-11-12;1-6-3-4-7(2)5-6;1-3-2;;;/h12H,1-11H2,(H2,14,15);3-4,6H,1-2H3;3H,1-2H3;2*1H;/q;;;;;+3/p-3. The number of carbonyl (C=O) groups excluding carboxylic acids is 1. The molecule has 0 aromatic heterocycles. The Bertz CT molecular complexity index is 513. The Kier molecular flexibility index (Phi) is 15.5. The molecule has 161 valence electrons. The van der Waals surface area contributed by atoms with E-state index in [2.05, 4.69) is 42.9 Å². The molecule has 0 radical (unpaired) electrons. The largest absolute Gasteiger partial charge is 1.00 e. The summed E-state index contributed by atoms with van der Waals surface area (Å²) in [4.78, 5) is 13.2. The van der Waals surface area contributed by atoms with Crippen molar-refractivity contribution in [2.45, 2.75) is 97.6 Å². The first-order chi connectivity index (χ1) is 12.5. The molecule has 0 aromatic rings. The van der Waals surface area contributed by atoms with Gasteiger partial charge in [0.1, 0.15) is 0 Å². The zero-order chi connectivity index (χ0) is 18.9. The molecular weight excluding hydrogens is 441 g/mol. The van der Waals surface area contributed by atoms with Crippen LogP contribution in [0.15, 0.2) is 21.6 Å². The van der Waals surface area contributed by atoms with Crippen LogP contribution in [-0.4, -0.2) is 12.6 Å². The molecule has 2 rings (SSSR count). The molecule has 1 fully saturated rings. The first-order valence-corrected chi connectivity index (χ1v) is 18.2. The monoisotopic (exact) mass is 480 g/mol. The zero-order valence-corrected chi connectivity index (χ0v) is 22.6. The average Bonchev–Trinajstić information content (AvgIpc) is 2.91. The zero-order valence-electron chi connectivity index (χ0n) is 18.3. The van der Waals surface area contributed by atoms with Gasteiger partial charge in [0.05, 0.1) is 0 Å². The summed E-state index contributed by atoms with van der Waals surface area (Å²) in [6, 6.07) is 0. The molecule has 0 aromatic carbocycles. The predicted octanol–water partition coefficient (Wildman–Crippen LogP) is 0.0280. The maximum atomic E-state index is 13.2. The maximum Gasteiger partial charge on any atom is -1.00 e. The Morgan fingerprint density at radius 3 is 1.82 bits per heavy atom. The number of amides is 1. The van der Waals surface area contributed by atoms with E-state index in [0.717, 1.165) is 12.8 Å². The van der Waals surface area contributed by atoms with E-state index >= 15 is 0 Å². The van der Waals surface area contributed by atoms with Crippen molar-refractivity contribution >= 4 is 12.6 Å². The first-order valence-electron chi connectivity index (χ1n) is 11.1. The predicted molar refractivity (Wildman–Crippen MR) is 112 cm³/mol. The van der Waals surface area contributed by atoms with Gasteiger partial charge in [-0.05, 0) is 0 Å². The molecule has 1 N–H and O–H groups in total. The van der Waals surface area contributed by atoms with Crippen LogP contribution in [0.4, 0.5) is 0 Å². The summed E-state index contributed by atoms with van der Waals surface area (Å²) >= 11 is -1.63. The van der Waals surface area contributed by atoms with E-state index in [1.807, 2.05) is 0 Å². The van der Waals surface area contributed by atoms with E-state index in [1.165, 1.54) is 63.4 Å². The van der Waals surface area contributed by atoms with Gasteiger partial charge in [-0.2, -0.15) is 0 Å². The summed E-state index contributed by atoms with van der Waals surface area (Å²) in [7, 11) is 0. The second kappa shape index (κ2) is 15.3. The van der Waals surface area contributed by atoms with Crippen molar-refractivity contribution in [3.63, 3.8) is 0 Å². The Balaban J connectivity index is 0.00000364. The van der Waals surface area contributed by atoms with Gasteiger partial charge in [0.15, 0.2) is 0 Å². The number of halogens is 2. The van der Waals surface area contributed by atoms with Crippen LogP contribution in [-0.2, 0) is 22.2 Å². The van der Waals surface area contributed by atoms with Gasteiger partial charge >= 0.3 is 170 Å². The third kappa shape index (κ3) is 9.08. The van der Waals surface area contributed by atoms with E-state index in [0.29, 0.717) is 11.8 Å². The normalized spacial score (nSPS) is 22.0. The smallest absolute Gasteiger partial charge is 1.00 e. The molecule has 2 nitrogen and oxygen atoms in total. The molecule has 1 atom stereocenters. The average molecular weight is 481 g/mol. The Hall–Kier alpha value is 0.461. The molecule has 1 saturated carbocycles. The van der Waals surface area contributed by atoms with Crippen molar-refractivity contribution in [2.24, 2.45) is 11.8 Å². The van der Waals surface area contributed by atoms with Crippen LogP contribution < -0.4 is 28.6 Å². The summed E-state index contributed by atoms with van der Waals surface area (Å²) < 4.78 is 5.34. The van der Waals surface area contributed by atoms with E-state index in [1.54, 1.807) is 3.88 Å². The summed E-state index contributed by atoms with van der Waals surface area (Å²) in [5.74, 6) is 1.24. The van der Waals surface area contributed by atoms with Crippen molar-refractivity contribution in [1.29, 1.82) is 0 Å². The van der Waals surface area contributed by atoms with Crippen LogP contribution in [0, 0.1) is 11.8 Å². The van der Waals surface area contributed by atoms with Crippen LogP contribution in [0.5, 0.6) is 0 Å². The van der Waals surface area contributed by atoms with Gasteiger partial charge in [-0.15, -0.1) is 0 Å². The second-order valence-electron chi connectivity index (χ2n) is 8.76. The van der Waals surface area contributed by atoms with Crippen LogP contribution in [0.2, 0.25) is 13.1 Å². The molecule has 2 aliphatic carbocycles. The van der Waals surface area contributed by atoms with E-state index in [-0.39, 0.29) is 30.7 Å². The molecule has 6 heteroatoms. The first kappa shape index (κ1) is 28.5. The van der Waals surface area contributed by atoms with Crippen molar-refractivity contribution in [2.75, 3.05) is 0 Å². The van der Waals surface area contributed by atoms with Crippen molar-refractivity contribution < 1.29 is 47.0 Å². The van der Waals surface area contributed by atoms with Gasteiger partial charge in [-0.1, -0.05) is 0 Å². The van der Waals surface area contributed by atoms with Gasteiger partial charge < -0.3 is 24.8 Å². The minimum atomic E-state index is -1.63. The van der Waals surface area contributed by atoms with Gasteiger partial charge in [-0.25, -0.2) is 0 Å². The van der Waals surface area contributed by atoms with E-state index < -0.39 is 24.0 Å². The Labute approximate surface area is 193 Å². The quantitative estimate of drug-likeness (QED) is 0.565. The molecule has 1 unspecified atom stereocenters. The number of rotatable bonds is 4. The topological polar surface area (TPSA) is 29.1 Å². The molecular formula is C22H40Cl2NOSiTi. The Morgan fingerprint density at radius 1 is 0.964 bits per heavy atom. The van der Waals surface area contributed by atoms with Gasteiger partial charge in [0, 0.05) is 0 Å². The number of hydrogen-bond acceptors (Lipinski definition) is 1. The number of carbonyl (C=O) groups is 1. The number of hydrogen-bond donors (Lipinski definition) is 1. The maximum absolute atomic E-state index is 13.2. The summed E-state index contributed by atoms with van der Waals surface area (Å²) in [6.45, 7) is 8.62. The van der Waals surface area contributed by atoms with Gasteiger partial charge in [0.25, 0.3) is 0 Å². The number of nitrogens with one attached hydrogen (secondary N) is 1.